The molecular formula is C18H25N3OS2. The van der Waals surface area contributed by atoms with Crippen LogP contribution in [0.5, 0.6) is 0 Å². The zero-order valence-electron chi connectivity index (χ0n) is 14.3. The molecule has 6 heteroatoms. The van der Waals surface area contributed by atoms with Crippen LogP contribution in [0.3, 0.4) is 0 Å². The van der Waals surface area contributed by atoms with Crippen molar-refractivity contribution in [1.29, 1.82) is 0 Å². The van der Waals surface area contributed by atoms with Crippen LogP contribution in [-0.2, 0) is 11.8 Å². The molecule has 130 valence electrons. The summed E-state index contributed by atoms with van der Waals surface area (Å²) in [6, 6.07) is 7.99. The van der Waals surface area contributed by atoms with Crippen LogP contribution in [0.25, 0.3) is 11.0 Å². The number of hydrogen-bond donors (Lipinski definition) is 1. The second-order valence-corrected chi connectivity index (χ2v) is 9.17. The van der Waals surface area contributed by atoms with Crippen LogP contribution in [0.2, 0.25) is 0 Å². The average molecular weight is 364 g/mol. The van der Waals surface area contributed by atoms with Crippen molar-refractivity contribution in [3.8, 4) is 0 Å². The third-order valence-corrected chi connectivity index (χ3v) is 7.50. The summed E-state index contributed by atoms with van der Waals surface area (Å²) >= 11 is 0. The summed E-state index contributed by atoms with van der Waals surface area (Å²) in [6.07, 6.45) is 5.30. The van der Waals surface area contributed by atoms with Gasteiger partial charge in [-0.25, -0.2) is 4.98 Å². The Bertz CT molecular complexity index is 695. The van der Waals surface area contributed by atoms with Crippen LogP contribution in [0.4, 0.5) is 0 Å². The number of carbonyl (C=O) groups is 1. The molecule has 0 saturated carbocycles. The second kappa shape index (κ2) is 8.30. The molecule has 1 fully saturated rings. The van der Waals surface area contributed by atoms with E-state index >= 15 is 0 Å². The average Bonchev–Trinajstić information content (AvgIpc) is 3.20. The first-order valence-electron chi connectivity index (χ1n) is 8.64. The minimum absolute atomic E-state index is 0.0725. The zero-order chi connectivity index (χ0) is 16.9. The molecule has 0 aliphatic carbocycles. The Hall–Kier alpha value is -1.14. The third kappa shape index (κ3) is 4.28. The number of hydrogen-bond acceptors (Lipinski definition) is 4. The van der Waals surface area contributed by atoms with Crippen molar-refractivity contribution in [3.63, 3.8) is 0 Å². The van der Waals surface area contributed by atoms with Crippen LogP contribution in [0.15, 0.2) is 24.3 Å². The lowest BCUT2D eigenvalue weighted by molar-refractivity contribution is -0.121. The van der Waals surface area contributed by atoms with Gasteiger partial charge in [-0.3, -0.25) is 4.79 Å². The smallest absolute Gasteiger partial charge is 0.220 e. The molecule has 4 nitrogen and oxygen atoms in total. The van der Waals surface area contributed by atoms with E-state index in [-0.39, 0.29) is 11.9 Å². The lowest BCUT2D eigenvalue weighted by atomic mass is 10.1. The molecule has 2 unspecified atom stereocenters. The molecule has 1 aliphatic heterocycles. The maximum absolute atomic E-state index is 12.2. The number of aromatic nitrogens is 2. The summed E-state index contributed by atoms with van der Waals surface area (Å²) < 4.78 is 2.06. The molecule has 0 spiro atoms. The van der Waals surface area contributed by atoms with Crippen molar-refractivity contribution >= 4 is 38.5 Å². The third-order valence-electron chi connectivity index (χ3n) is 4.49. The van der Waals surface area contributed by atoms with Gasteiger partial charge in [0.1, 0.15) is 5.82 Å². The minimum atomic E-state index is -0.0725. The van der Waals surface area contributed by atoms with Crippen LogP contribution in [0.1, 0.15) is 50.9 Å². The molecule has 24 heavy (non-hydrogen) atoms. The van der Waals surface area contributed by atoms with Gasteiger partial charge >= 0.3 is 0 Å². The van der Waals surface area contributed by atoms with E-state index in [1.807, 2.05) is 53.8 Å². The first kappa shape index (κ1) is 17.7. The zero-order valence-corrected chi connectivity index (χ0v) is 16.0. The van der Waals surface area contributed by atoms with Crippen molar-refractivity contribution in [3.05, 3.63) is 30.1 Å². The van der Waals surface area contributed by atoms with Crippen LogP contribution in [-0.4, -0.2) is 26.5 Å². The first-order chi connectivity index (χ1) is 11.6. The number of benzene rings is 1. The van der Waals surface area contributed by atoms with E-state index in [0.717, 1.165) is 34.9 Å². The van der Waals surface area contributed by atoms with E-state index in [4.69, 9.17) is 0 Å². The fourth-order valence-electron chi connectivity index (χ4n) is 3.15. The molecule has 1 aromatic carbocycles. The van der Waals surface area contributed by atoms with Gasteiger partial charge in [-0.15, -0.1) is 0 Å². The Morgan fingerprint density at radius 3 is 3.00 bits per heavy atom. The lowest BCUT2D eigenvalue weighted by Crippen LogP contribution is -2.28. The van der Waals surface area contributed by atoms with E-state index in [2.05, 4.69) is 20.9 Å². The van der Waals surface area contributed by atoms with Crippen LogP contribution >= 0.6 is 21.6 Å². The molecule has 1 aromatic heterocycles. The predicted molar refractivity (Wildman–Crippen MR) is 104 cm³/mol. The number of aryl methyl sites for hydroxylation is 1. The van der Waals surface area contributed by atoms with Gasteiger partial charge in [0.05, 0.1) is 17.1 Å². The summed E-state index contributed by atoms with van der Waals surface area (Å²) in [6.45, 7) is 2.01. The Labute approximate surface area is 151 Å². The number of unbranched alkanes of at least 4 members (excludes halogenated alkanes) is 1. The number of rotatable bonds is 7. The summed E-state index contributed by atoms with van der Waals surface area (Å²) in [4.78, 5) is 16.8. The van der Waals surface area contributed by atoms with E-state index < -0.39 is 0 Å². The number of amides is 1. The normalized spacial score (nSPS) is 18.8. The van der Waals surface area contributed by atoms with E-state index in [1.54, 1.807) is 0 Å². The first-order valence-corrected chi connectivity index (χ1v) is 11.0. The molecule has 0 radical (unpaired) electrons. The maximum Gasteiger partial charge on any atom is 0.220 e. The Kier molecular flexibility index (Phi) is 6.11. The van der Waals surface area contributed by atoms with Crippen molar-refractivity contribution in [2.24, 2.45) is 7.05 Å². The van der Waals surface area contributed by atoms with Crippen molar-refractivity contribution in [2.75, 3.05) is 5.75 Å². The Morgan fingerprint density at radius 1 is 1.42 bits per heavy atom. The molecular weight excluding hydrogens is 338 g/mol. The van der Waals surface area contributed by atoms with E-state index in [9.17, 15) is 4.79 Å². The topological polar surface area (TPSA) is 46.9 Å². The van der Waals surface area contributed by atoms with Gasteiger partial charge < -0.3 is 9.88 Å². The molecule has 0 bridgehead atoms. The number of imidazole rings is 1. The number of fused-ring (bicyclic) bond motifs is 1. The highest BCUT2D eigenvalue weighted by molar-refractivity contribution is 8.77. The van der Waals surface area contributed by atoms with Gasteiger partial charge in [0.15, 0.2) is 0 Å². The minimum Gasteiger partial charge on any atom is -0.346 e. The van der Waals surface area contributed by atoms with Gasteiger partial charge in [-0.2, -0.15) is 0 Å². The molecule has 2 aromatic rings. The number of nitrogens with one attached hydrogen (secondary N) is 1. The Morgan fingerprint density at radius 2 is 2.25 bits per heavy atom. The second-order valence-electron chi connectivity index (χ2n) is 6.38. The summed E-state index contributed by atoms with van der Waals surface area (Å²) in [5.41, 5.74) is 2.07. The summed E-state index contributed by atoms with van der Waals surface area (Å²) in [5.74, 6) is 2.32. The molecule has 1 N–H and O–H groups in total. The molecule has 1 amide bonds. The van der Waals surface area contributed by atoms with Crippen LogP contribution in [0, 0.1) is 0 Å². The number of para-hydroxylation sites is 2. The molecule has 2 heterocycles. The van der Waals surface area contributed by atoms with E-state index in [0.29, 0.717) is 6.42 Å². The van der Waals surface area contributed by atoms with Gasteiger partial charge in [0.25, 0.3) is 0 Å². The highest BCUT2D eigenvalue weighted by Crippen LogP contribution is 2.39. The molecule has 2 atom stereocenters. The van der Waals surface area contributed by atoms with Gasteiger partial charge in [0.2, 0.25) is 5.91 Å². The number of carbonyl (C=O) groups excluding carboxylic acids is 1. The largest absolute Gasteiger partial charge is 0.346 e. The SMILES string of the molecule is CC(NC(=O)CCCCC1CCSS1)c1nc2ccccc2n1C. The summed E-state index contributed by atoms with van der Waals surface area (Å²) in [5, 5.41) is 3.90. The van der Waals surface area contributed by atoms with E-state index in [1.165, 1.54) is 18.6 Å². The van der Waals surface area contributed by atoms with Crippen molar-refractivity contribution < 1.29 is 4.79 Å². The quantitative estimate of drug-likeness (QED) is 0.582. The maximum atomic E-state index is 12.2. The molecule has 3 rings (SSSR count). The predicted octanol–water partition coefficient (Wildman–Crippen LogP) is 4.46. The molecule has 1 aliphatic rings. The fraction of sp³-hybridized carbons (Fsp3) is 0.556. The molecule has 1 saturated heterocycles. The highest BCUT2D eigenvalue weighted by Gasteiger charge is 2.18. The van der Waals surface area contributed by atoms with Gasteiger partial charge in [-0.1, -0.05) is 40.1 Å². The Balaban J connectivity index is 1.47. The van der Waals surface area contributed by atoms with Crippen molar-refractivity contribution in [1.82, 2.24) is 14.9 Å². The standard InChI is InChI=1S/C18H25N3OS2/c1-13(18-20-15-8-4-5-9-16(15)21(18)2)19-17(22)10-6-3-7-14-11-12-23-24-14/h4-5,8-9,13-14H,3,6-7,10-12H2,1-2H3,(H,19,22). The van der Waals surface area contributed by atoms with Crippen LogP contribution < -0.4 is 5.32 Å². The monoisotopic (exact) mass is 363 g/mol. The number of nitrogens with zero attached hydrogens (tertiary/aromatic N) is 2. The summed E-state index contributed by atoms with van der Waals surface area (Å²) in [7, 11) is 6.01. The fourth-order valence-corrected chi connectivity index (χ4v) is 6.18. The van der Waals surface area contributed by atoms with Gasteiger partial charge in [0, 0.05) is 24.5 Å². The van der Waals surface area contributed by atoms with Gasteiger partial charge in [-0.05, 0) is 38.3 Å². The van der Waals surface area contributed by atoms with Crippen molar-refractivity contribution in [2.45, 2.75) is 50.3 Å². The highest BCUT2D eigenvalue weighted by atomic mass is 33.1. The lowest BCUT2D eigenvalue weighted by Gasteiger charge is -2.14.